The van der Waals surface area contributed by atoms with E-state index >= 15 is 0 Å². The van der Waals surface area contributed by atoms with E-state index in [4.69, 9.17) is 16.3 Å². The van der Waals surface area contributed by atoms with Gasteiger partial charge in [0.15, 0.2) is 0 Å². The molecule has 1 amide bonds. The van der Waals surface area contributed by atoms with Crippen LogP contribution in [0.15, 0.2) is 59.5 Å². The number of sulfonamides is 1. The molecule has 2 atom stereocenters. The van der Waals surface area contributed by atoms with Crippen molar-refractivity contribution in [3.8, 4) is 0 Å². The van der Waals surface area contributed by atoms with E-state index in [1.165, 1.54) is 31.4 Å². The Morgan fingerprint density at radius 1 is 0.865 bits per heavy atom. The lowest BCUT2D eigenvalue weighted by Crippen LogP contribution is -2.48. The van der Waals surface area contributed by atoms with Crippen molar-refractivity contribution in [1.82, 2.24) is 14.1 Å². The molecule has 9 heteroatoms. The van der Waals surface area contributed by atoms with Crippen LogP contribution in [0.1, 0.15) is 56.6 Å². The standard InChI is InChI=1S/C28H36ClN3O4S/c29-23-9-12-26(13-10-23)37(34,35)32-25(11-14-27(32)22-7-3-1-4-8-22)21-36-28(33)31-19-15-24(16-20-31)30-17-5-2-6-18-30/h1,3-4,7-10,12-13,24-25,27H,2,5-6,11,14-21H2/t25-,27?/m1/s1. The summed E-state index contributed by atoms with van der Waals surface area (Å²) in [6.45, 7) is 3.74. The second-order valence-electron chi connectivity index (χ2n) is 10.3. The van der Waals surface area contributed by atoms with Crippen molar-refractivity contribution >= 4 is 27.7 Å². The van der Waals surface area contributed by atoms with Gasteiger partial charge >= 0.3 is 6.09 Å². The zero-order chi connectivity index (χ0) is 25.8. The van der Waals surface area contributed by atoms with Crippen molar-refractivity contribution in [3.05, 3.63) is 65.2 Å². The van der Waals surface area contributed by atoms with Crippen LogP contribution < -0.4 is 0 Å². The molecule has 1 unspecified atom stereocenters. The Labute approximate surface area is 225 Å². The Balaban J connectivity index is 1.25. The van der Waals surface area contributed by atoms with Crippen molar-refractivity contribution in [2.45, 2.75) is 68.0 Å². The van der Waals surface area contributed by atoms with Gasteiger partial charge in [-0.25, -0.2) is 13.2 Å². The fourth-order valence-electron chi connectivity index (χ4n) is 6.05. The summed E-state index contributed by atoms with van der Waals surface area (Å²) in [6, 6.07) is 15.7. The molecular formula is C28H36ClN3O4S. The van der Waals surface area contributed by atoms with Crippen LogP contribution in [-0.2, 0) is 14.8 Å². The van der Waals surface area contributed by atoms with Gasteiger partial charge in [-0.2, -0.15) is 4.31 Å². The lowest BCUT2D eigenvalue weighted by molar-refractivity contribution is 0.0575. The fourth-order valence-corrected chi connectivity index (χ4v) is 8.02. The van der Waals surface area contributed by atoms with E-state index in [1.54, 1.807) is 21.3 Å². The van der Waals surface area contributed by atoms with Crippen LogP contribution in [-0.4, -0.2) is 73.5 Å². The van der Waals surface area contributed by atoms with Gasteiger partial charge in [0.1, 0.15) is 6.61 Å². The van der Waals surface area contributed by atoms with Gasteiger partial charge in [0.05, 0.1) is 17.0 Å². The molecule has 2 aromatic carbocycles. The fraction of sp³-hybridized carbons (Fsp3) is 0.536. The molecule has 0 saturated carbocycles. The maximum Gasteiger partial charge on any atom is 0.409 e. The number of likely N-dealkylation sites (tertiary alicyclic amines) is 2. The van der Waals surface area contributed by atoms with Gasteiger partial charge in [-0.05, 0) is 81.4 Å². The van der Waals surface area contributed by atoms with Crippen LogP contribution in [0, 0.1) is 0 Å². The van der Waals surface area contributed by atoms with E-state index in [0.717, 1.165) is 31.5 Å². The van der Waals surface area contributed by atoms with Gasteiger partial charge < -0.3 is 14.5 Å². The van der Waals surface area contributed by atoms with E-state index in [-0.39, 0.29) is 23.6 Å². The molecule has 3 heterocycles. The maximum atomic E-state index is 13.8. The third kappa shape index (κ3) is 5.98. The number of hydrogen-bond donors (Lipinski definition) is 0. The molecule has 3 aliphatic rings. The number of halogens is 1. The smallest absolute Gasteiger partial charge is 0.409 e. The Kier molecular flexibility index (Phi) is 8.39. The predicted molar refractivity (Wildman–Crippen MR) is 144 cm³/mol. The van der Waals surface area contributed by atoms with Crippen LogP contribution in [0.3, 0.4) is 0 Å². The van der Waals surface area contributed by atoms with Crippen molar-refractivity contribution < 1.29 is 17.9 Å². The van der Waals surface area contributed by atoms with Gasteiger partial charge in [0.2, 0.25) is 10.0 Å². The Morgan fingerprint density at radius 2 is 1.54 bits per heavy atom. The number of piperidine rings is 2. The first kappa shape index (κ1) is 26.5. The summed E-state index contributed by atoms with van der Waals surface area (Å²) in [5, 5.41) is 0.481. The summed E-state index contributed by atoms with van der Waals surface area (Å²) in [6.07, 6.45) is 6.73. The third-order valence-electron chi connectivity index (χ3n) is 8.04. The minimum atomic E-state index is -3.83. The highest BCUT2D eigenvalue weighted by atomic mass is 35.5. The molecule has 0 aromatic heterocycles. The maximum absolute atomic E-state index is 13.8. The Hall–Kier alpha value is -2.13. The summed E-state index contributed by atoms with van der Waals surface area (Å²) in [5.41, 5.74) is 0.939. The number of nitrogens with zero attached hydrogens (tertiary/aromatic N) is 3. The van der Waals surface area contributed by atoms with Crippen molar-refractivity contribution in [1.29, 1.82) is 0 Å². The van der Waals surface area contributed by atoms with Gasteiger partial charge in [-0.3, -0.25) is 0 Å². The first-order valence-electron chi connectivity index (χ1n) is 13.4. The van der Waals surface area contributed by atoms with Gasteiger partial charge in [0.25, 0.3) is 0 Å². The second kappa shape index (κ2) is 11.7. The quantitative estimate of drug-likeness (QED) is 0.491. The molecule has 7 nitrogen and oxygen atoms in total. The van der Waals surface area contributed by atoms with E-state index < -0.39 is 16.1 Å². The topological polar surface area (TPSA) is 70.2 Å². The molecule has 0 aliphatic carbocycles. The zero-order valence-electron chi connectivity index (χ0n) is 21.2. The molecule has 3 aliphatic heterocycles. The summed E-state index contributed by atoms with van der Waals surface area (Å²) in [5.74, 6) is 0. The molecule has 5 rings (SSSR count). The van der Waals surface area contributed by atoms with Crippen molar-refractivity contribution in [3.63, 3.8) is 0 Å². The van der Waals surface area contributed by atoms with Gasteiger partial charge in [-0.1, -0.05) is 48.4 Å². The summed E-state index contributed by atoms with van der Waals surface area (Å²) < 4.78 is 34.9. The normalized spacial score (nSPS) is 24.3. The summed E-state index contributed by atoms with van der Waals surface area (Å²) in [7, 11) is -3.83. The minimum Gasteiger partial charge on any atom is -0.448 e. The van der Waals surface area contributed by atoms with Gasteiger partial charge in [-0.15, -0.1) is 0 Å². The van der Waals surface area contributed by atoms with E-state index in [9.17, 15) is 13.2 Å². The number of ether oxygens (including phenoxy) is 1. The molecule has 2 aromatic rings. The van der Waals surface area contributed by atoms with Crippen LogP contribution in [0.2, 0.25) is 5.02 Å². The Bertz CT molecular complexity index is 1150. The molecule has 3 fully saturated rings. The van der Waals surface area contributed by atoms with Crippen LogP contribution >= 0.6 is 11.6 Å². The van der Waals surface area contributed by atoms with Crippen LogP contribution in [0.5, 0.6) is 0 Å². The minimum absolute atomic E-state index is 0.0427. The zero-order valence-corrected chi connectivity index (χ0v) is 22.7. The number of hydrogen-bond acceptors (Lipinski definition) is 5. The third-order valence-corrected chi connectivity index (χ3v) is 10.3. The Morgan fingerprint density at radius 3 is 2.22 bits per heavy atom. The predicted octanol–water partition coefficient (Wildman–Crippen LogP) is 5.32. The molecule has 0 bridgehead atoms. The number of carbonyl (C=O) groups excluding carboxylic acids is 1. The highest BCUT2D eigenvalue weighted by Crippen LogP contribution is 2.40. The highest BCUT2D eigenvalue weighted by Gasteiger charge is 2.43. The second-order valence-corrected chi connectivity index (χ2v) is 12.6. The molecule has 0 N–H and O–H groups in total. The average molecular weight is 546 g/mol. The van der Waals surface area contributed by atoms with Crippen molar-refractivity contribution in [2.75, 3.05) is 32.8 Å². The average Bonchev–Trinajstić information content (AvgIpc) is 3.38. The SMILES string of the molecule is O=C(OC[C@H]1CCC(c2ccccc2)N1S(=O)(=O)c1ccc(Cl)cc1)N1CCC(N2CCCCC2)CC1. The molecule has 3 saturated heterocycles. The first-order chi connectivity index (χ1) is 17.9. The van der Waals surface area contributed by atoms with Crippen molar-refractivity contribution in [2.24, 2.45) is 0 Å². The molecule has 0 radical (unpaired) electrons. The molecule has 37 heavy (non-hydrogen) atoms. The molecule has 0 spiro atoms. The molecular weight excluding hydrogens is 510 g/mol. The number of rotatable bonds is 6. The number of benzene rings is 2. The number of carbonyl (C=O) groups is 1. The largest absolute Gasteiger partial charge is 0.448 e. The van der Waals surface area contributed by atoms with E-state index in [0.29, 0.717) is 37.0 Å². The van der Waals surface area contributed by atoms with Gasteiger partial charge in [0, 0.05) is 24.2 Å². The summed E-state index contributed by atoms with van der Waals surface area (Å²) >= 11 is 6.01. The lowest BCUT2D eigenvalue weighted by atomic mass is 10.0. The highest BCUT2D eigenvalue weighted by molar-refractivity contribution is 7.89. The van der Waals surface area contributed by atoms with E-state index in [1.807, 2.05) is 30.3 Å². The lowest BCUT2D eigenvalue weighted by Gasteiger charge is -2.40. The van der Waals surface area contributed by atoms with Crippen LogP contribution in [0.4, 0.5) is 4.79 Å². The van der Waals surface area contributed by atoms with E-state index in [2.05, 4.69) is 4.90 Å². The first-order valence-corrected chi connectivity index (χ1v) is 15.2. The summed E-state index contributed by atoms with van der Waals surface area (Å²) in [4.78, 5) is 17.5. The molecule has 200 valence electrons. The number of amides is 1. The monoisotopic (exact) mass is 545 g/mol. The van der Waals surface area contributed by atoms with Crippen LogP contribution in [0.25, 0.3) is 0 Å².